The number of nitrogens with two attached hydrogens (primary N) is 1. The second-order valence-electron chi connectivity index (χ2n) is 0.598. The molecule has 0 fully saturated rings. The van der Waals surface area contributed by atoms with Gasteiger partial charge in [-0.2, -0.15) is 0 Å². The summed E-state index contributed by atoms with van der Waals surface area (Å²) in [6.07, 6.45) is 0. The van der Waals surface area contributed by atoms with Crippen molar-refractivity contribution in [2.24, 2.45) is 5.73 Å². The van der Waals surface area contributed by atoms with Gasteiger partial charge in [0.15, 0.2) is 0 Å². The summed E-state index contributed by atoms with van der Waals surface area (Å²) < 4.78 is 0. The van der Waals surface area contributed by atoms with Gasteiger partial charge >= 0.3 is 57.4 Å². The van der Waals surface area contributed by atoms with E-state index >= 15 is 0 Å². The van der Waals surface area contributed by atoms with E-state index in [1.807, 2.05) is 0 Å². The summed E-state index contributed by atoms with van der Waals surface area (Å²) in [5.41, 5.74) is 4.57. The standard InChI is InChI=1S/C2H5NO2.K.H/c3-1-2(4)5;;/h1,3H2,(H,4,5);;/q;+1;-1. The fourth-order valence-electron chi connectivity index (χ4n) is 0. The largest absolute Gasteiger partial charge is 1.00 e. The molecule has 0 radical (unpaired) electrons. The Morgan fingerprint density at radius 1 is 2.00 bits per heavy atom. The number of rotatable bonds is 1. The van der Waals surface area contributed by atoms with Crippen LogP contribution in [0.2, 0.25) is 0 Å². The summed E-state index contributed by atoms with van der Waals surface area (Å²) in [6, 6.07) is 0. The second-order valence-corrected chi connectivity index (χ2v) is 0.598. The molecule has 0 heterocycles. The first-order valence-electron chi connectivity index (χ1n) is 1.19. The van der Waals surface area contributed by atoms with Crippen molar-refractivity contribution >= 4 is 5.97 Å². The molecule has 0 saturated heterocycles. The van der Waals surface area contributed by atoms with E-state index in [9.17, 15) is 4.79 Å². The number of hydrogen-bond donors (Lipinski definition) is 2. The summed E-state index contributed by atoms with van der Waals surface area (Å²) in [7, 11) is 0. The maximum absolute atomic E-state index is 9.24. The Labute approximate surface area is 79.8 Å². The van der Waals surface area contributed by atoms with Gasteiger partial charge in [0.25, 0.3) is 0 Å². The smallest absolute Gasteiger partial charge is 1.00 e. The van der Waals surface area contributed by atoms with Gasteiger partial charge in [-0.1, -0.05) is 0 Å². The molecule has 0 rings (SSSR count). The first kappa shape index (κ1) is 10.1. The van der Waals surface area contributed by atoms with E-state index < -0.39 is 5.97 Å². The Balaban J connectivity index is -0.0000000800. The van der Waals surface area contributed by atoms with Crippen LogP contribution < -0.4 is 57.1 Å². The van der Waals surface area contributed by atoms with Gasteiger partial charge in [0, 0.05) is 0 Å². The van der Waals surface area contributed by atoms with Crippen LogP contribution in [0.3, 0.4) is 0 Å². The van der Waals surface area contributed by atoms with Crippen LogP contribution in [-0.4, -0.2) is 17.6 Å². The van der Waals surface area contributed by atoms with Crippen molar-refractivity contribution < 1.29 is 62.7 Å². The third-order valence-corrected chi connectivity index (χ3v) is 0.175. The van der Waals surface area contributed by atoms with Crippen LogP contribution in [0.4, 0.5) is 0 Å². The molecule has 0 amide bonds. The molecular weight excluding hydrogens is 109 g/mol. The topological polar surface area (TPSA) is 63.3 Å². The molecule has 0 aromatic heterocycles. The van der Waals surface area contributed by atoms with Crippen molar-refractivity contribution in [3.63, 3.8) is 0 Å². The van der Waals surface area contributed by atoms with Crippen molar-refractivity contribution in [3.05, 3.63) is 0 Å². The van der Waals surface area contributed by atoms with Crippen molar-refractivity contribution in [1.29, 1.82) is 0 Å². The predicted octanol–water partition coefficient (Wildman–Crippen LogP) is -3.85. The van der Waals surface area contributed by atoms with E-state index in [0.717, 1.165) is 0 Å². The molecule has 0 unspecified atom stereocenters. The Morgan fingerprint density at radius 2 is 2.17 bits per heavy atom. The quantitative estimate of drug-likeness (QED) is 0.344. The Bertz CT molecular complexity index is 51.0. The normalized spacial score (nSPS) is 6.17. The van der Waals surface area contributed by atoms with Gasteiger partial charge in [-0.25, -0.2) is 0 Å². The third-order valence-electron chi connectivity index (χ3n) is 0.175. The van der Waals surface area contributed by atoms with E-state index in [0.29, 0.717) is 0 Å². The number of hydrogen-bond acceptors (Lipinski definition) is 2. The van der Waals surface area contributed by atoms with Crippen LogP contribution in [0, 0.1) is 0 Å². The van der Waals surface area contributed by atoms with Crippen LogP contribution in [0.1, 0.15) is 1.43 Å². The zero-order valence-corrected chi connectivity index (χ0v) is 6.76. The molecule has 0 aromatic rings. The first-order chi connectivity index (χ1) is 2.27. The monoisotopic (exact) mass is 115 g/mol. The molecule has 0 atom stereocenters. The minimum atomic E-state index is -0.968. The molecule has 0 aromatic carbocycles. The Hall–Kier alpha value is 1.07. The van der Waals surface area contributed by atoms with Gasteiger partial charge in [0.05, 0.1) is 6.54 Å². The zero-order chi connectivity index (χ0) is 4.28. The summed E-state index contributed by atoms with van der Waals surface area (Å²) in [4.78, 5) is 9.24. The molecule has 0 aliphatic carbocycles. The number of carboxylic acid groups (broad SMARTS) is 1. The average molecular weight is 115 g/mol. The van der Waals surface area contributed by atoms with Crippen molar-refractivity contribution in [3.8, 4) is 0 Å². The van der Waals surface area contributed by atoms with Crippen LogP contribution in [-0.2, 0) is 4.79 Å². The summed E-state index contributed by atoms with van der Waals surface area (Å²) in [5.74, 6) is -0.968. The van der Waals surface area contributed by atoms with Crippen LogP contribution in [0.15, 0.2) is 0 Å². The third kappa shape index (κ3) is 8.91. The molecule has 32 valence electrons. The van der Waals surface area contributed by atoms with Crippen LogP contribution >= 0.6 is 0 Å². The molecule has 6 heavy (non-hydrogen) atoms. The summed E-state index contributed by atoms with van der Waals surface area (Å²) >= 11 is 0. The van der Waals surface area contributed by atoms with Gasteiger partial charge < -0.3 is 12.3 Å². The molecule has 0 spiro atoms. The maximum Gasteiger partial charge on any atom is 1.00 e. The second kappa shape index (κ2) is 6.07. The minimum Gasteiger partial charge on any atom is -1.00 e. The van der Waals surface area contributed by atoms with Gasteiger partial charge in [-0.15, -0.1) is 0 Å². The van der Waals surface area contributed by atoms with E-state index in [2.05, 4.69) is 5.73 Å². The summed E-state index contributed by atoms with van der Waals surface area (Å²) in [5, 5.41) is 7.60. The molecule has 4 heteroatoms. The molecule has 3 nitrogen and oxygen atoms in total. The zero-order valence-electron chi connectivity index (χ0n) is 4.64. The van der Waals surface area contributed by atoms with Gasteiger partial charge in [-0.05, 0) is 0 Å². The predicted molar refractivity (Wildman–Crippen MR) is 17.8 cm³/mol. The number of carboxylic acids is 1. The fraction of sp³-hybridized carbons (Fsp3) is 0.500. The summed E-state index contributed by atoms with van der Waals surface area (Å²) in [6.45, 7) is -0.278. The van der Waals surface area contributed by atoms with Crippen LogP contribution in [0.5, 0.6) is 0 Å². The number of aliphatic carboxylic acids is 1. The molecule has 0 aliphatic rings. The molecule has 0 aliphatic heterocycles. The Kier molecular flexibility index (Phi) is 10.2. The average Bonchev–Trinajstić information content (AvgIpc) is 1.38. The van der Waals surface area contributed by atoms with Crippen molar-refractivity contribution in [2.75, 3.05) is 6.54 Å². The molecular formula is C2H6KNO2. The molecule has 3 N–H and O–H groups in total. The van der Waals surface area contributed by atoms with E-state index in [-0.39, 0.29) is 59.4 Å². The van der Waals surface area contributed by atoms with Gasteiger partial charge in [-0.3, -0.25) is 4.79 Å². The molecule has 0 bridgehead atoms. The van der Waals surface area contributed by atoms with Gasteiger partial charge in [0.2, 0.25) is 0 Å². The Morgan fingerprint density at radius 3 is 2.17 bits per heavy atom. The van der Waals surface area contributed by atoms with Crippen molar-refractivity contribution in [1.82, 2.24) is 0 Å². The minimum absolute atomic E-state index is 0. The van der Waals surface area contributed by atoms with Crippen molar-refractivity contribution in [2.45, 2.75) is 0 Å². The van der Waals surface area contributed by atoms with Gasteiger partial charge in [0.1, 0.15) is 0 Å². The van der Waals surface area contributed by atoms with Crippen LogP contribution in [0.25, 0.3) is 0 Å². The molecule has 0 saturated carbocycles. The fourth-order valence-corrected chi connectivity index (χ4v) is 0. The maximum atomic E-state index is 9.24. The first-order valence-corrected chi connectivity index (χ1v) is 1.19. The van der Waals surface area contributed by atoms with E-state index in [4.69, 9.17) is 5.11 Å². The number of carbonyl (C=O) groups is 1. The van der Waals surface area contributed by atoms with E-state index in [1.54, 1.807) is 0 Å². The van der Waals surface area contributed by atoms with E-state index in [1.165, 1.54) is 0 Å². The SMILES string of the molecule is NCC(=O)O.[H-].[K+].